The molecule has 0 bridgehead atoms. The molecule has 1 aliphatic heterocycles. The molecule has 0 saturated carbocycles. The molecule has 1 aliphatic rings. The van der Waals surface area contributed by atoms with Crippen LogP contribution in [0, 0.1) is 0 Å². The first kappa shape index (κ1) is 20.7. The van der Waals surface area contributed by atoms with Crippen LogP contribution < -0.4 is 9.64 Å². The Kier molecular flexibility index (Phi) is 5.64. The maximum absolute atomic E-state index is 13.6. The number of fused-ring (bicyclic) bond motifs is 1. The molecule has 0 fully saturated rings. The normalized spacial score (nSPS) is 14.9. The number of carbonyl (C=O) groups excluding carboxylic acids is 1. The van der Waals surface area contributed by atoms with Gasteiger partial charge >= 0.3 is 0 Å². The van der Waals surface area contributed by atoms with Crippen molar-refractivity contribution < 1.29 is 9.53 Å². The van der Waals surface area contributed by atoms with E-state index in [1.807, 2.05) is 54.6 Å². The second-order valence-electron chi connectivity index (χ2n) is 7.61. The first-order valence-corrected chi connectivity index (χ1v) is 11.4. The zero-order valence-electron chi connectivity index (χ0n) is 17.4. The maximum Gasteiger partial charge on any atom is 0.183 e. The molecule has 0 aliphatic carbocycles. The largest absolute Gasteiger partial charge is 0.497 e. The molecule has 7 heteroatoms. The molecule has 32 heavy (non-hydrogen) atoms. The number of benzene rings is 2. The van der Waals surface area contributed by atoms with Gasteiger partial charge in [-0.3, -0.25) is 9.78 Å². The summed E-state index contributed by atoms with van der Waals surface area (Å²) >= 11 is 7.46. The van der Waals surface area contributed by atoms with Crippen LogP contribution in [0.4, 0.5) is 5.69 Å². The number of thiazole rings is 1. The Morgan fingerprint density at radius 2 is 1.94 bits per heavy atom. The molecule has 2 aromatic heterocycles. The molecule has 2 aromatic carbocycles. The molecule has 3 heterocycles. The molecule has 0 amide bonds. The number of halogens is 1. The van der Waals surface area contributed by atoms with Gasteiger partial charge in [0, 0.05) is 48.0 Å². The monoisotopic (exact) mass is 461 g/mol. The van der Waals surface area contributed by atoms with Gasteiger partial charge in [-0.1, -0.05) is 23.7 Å². The van der Waals surface area contributed by atoms with E-state index in [0.29, 0.717) is 23.0 Å². The van der Waals surface area contributed by atoms with Crippen LogP contribution in [0.25, 0.3) is 10.6 Å². The van der Waals surface area contributed by atoms with Gasteiger partial charge in [-0.05, 0) is 53.6 Å². The van der Waals surface area contributed by atoms with E-state index in [9.17, 15) is 4.79 Å². The topological polar surface area (TPSA) is 55.3 Å². The van der Waals surface area contributed by atoms with Crippen molar-refractivity contribution in [2.24, 2.45) is 0 Å². The molecule has 1 unspecified atom stereocenters. The van der Waals surface area contributed by atoms with Crippen molar-refractivity contribution >= 4 is 34.4 Å². The van der Waals surface area contributed by atoms with E-state index in [-0.39, 0.29) is 11.7 Å². The van der Waals surface area contributed by atoms with Crippen LogP contribution in [0.3, 0.4) is 0 Å². The third-order valence-corrected chi connectivity index (χ3v) is 6.95. The van der Waals surface area contributed by atoms with Crippen molar-refractivity contribution in [3.8, 4) is 16.3 Å². The third-order valence-electron chi connectivity index (χ3n) is 5.63. The summed E-state index contributed by atoms with van der Waals surface area (Å²) in [5.41, 5.74) is 4.14. The quantitative estimate of drug-likeness (QED) is 0.337. The molecule has 0 N–H and O–H groups in total. The van der Waals surface area contributed by atoms with Gasteiger partial charge in [0.05, 0.1) is 17.9 Å². The Balaban J connectivity index is 1.45. The first-order valence-electron chi connectivity index (χ1n) is 10.2. The SMILES string of the molecule is COc1ccc2c(c1)C(C(=O)c1cnc(-c3ccncc3)s1)CN2Cc1ccc(Cl)cc1. The third kappa shape index (κ3) is 3.99. The van der Waals surface area contributed by atoms with Gasteiger partial charge in [0.1, 0.15) is 10.8 Å². The average Bonchev–Trinajstić information content (AvgIpc) is 3.46. The van der Waals surface area contributed by atoms with Crippen LogP contribution in [0.15, 0.2) is 73.2 Å². The van der Waals surface area contributed by atoms with Crippen LogP contribution in [0.5, 0.6) is 5.75 Å². The van der Waals surface area contributed by atoms with E-state index in [1.54, 1.807) is 25.7 Å². The summed E-state index contributed by atoms with van der Waals surface area (Å²) in [6, 6.07) is 17.6. The Morgan fingerprint density at radius 1 is 1.16 bits per heavy atom. The number of ketones is 1. The van der Waals surface area contributed by atoms with Gasteiger partial charge < -0.3 is 9.64 Å². The van der Waals surface area contributed by atoms with Gasteiger partial charge in [-0.25, -0.2) is 4.98 Å². The van der Waals surface area contributed by atoms with Crippen molar-refractivity contribution in [1.82, 2.24) is 9.97 Å². The molecular formula is C25H20ClN3O2S. The van der Waals surface area contributed by atoms with Crippen molar-refractivity contribution in [3.63, 3.8) is 0 Å². The summed E-state index contributed by atoms with van der Waals surface area (Å²) < 4.78 is 5.44. The Labute approximate surface area is 195 Å². The Hall–Kier alpha value is -3.22. The minimum absolute atomic E-state index is 0.0796. The van der Waals surface area contributed by atoms with Gasteiger partial charge in [-0.2, -0.15) is 0 Å². The lowest BCUT2D eigenvalue weighted by molar-refractivity contribution is 0.0968. The van der Waals surface area contributed by atoms with Crippen LogP contribution >= 0.6 is 22.9 Å². The van der Waals surface area contributed by atoms with E-state index in [2.05, 4.69) is 14.9 Å². The van der Waals surface area contributed by atoms with E-state index in [1.165, 1.54) is 11.3 Å². The number of pyridine rings is 1. The minimum atomic E-state index is -0.279. The molecule has 0 radical (unpaired) electrons. The molecular weight excluding hydrogens is 442 g/mol. The summed E-state index contributed by atoms with van der Waals surface area (Å²) in [6.07, 6.45) is 5.14. The number of hydrogen-bond acceptors (Lipinski definition) is 6. The van der Waals surface area contributed by atoms with Crippen molar-refractivity contribution in [3.05, 3.63) is 94.2 Å². The number of rotatable bonds is 6. The zero-order valence-corrected chi connectivity index (χ0v) is 18.9. The van der Waals surface area contributed by atoms with Crippen LogP contribution in [-0.4, -0.2) is 29.4 Å². The number of anilines is 1. The molecule has 160 valence electrons. The number of methoxy groups -OCH3 is 1. The van der Waals surface area contributed by atoms with E-state index in [0.717, 1.165) is 33.1 Å². The van der Waals surface area contributed by atoms with E-state index in [4.69, 9.17) is 16.3 Å². The first-order chi connectivity index (χ1) is 15.6. The highest BCUT2D eigenvalue weighted by Crippen LogP contribution is 2.42. The highest BCUT2D eigenvalue weighted by molar-refractivity contribution is 7.17. The molecule has 4 aromatic rings. The van der Waals surface area contributed by atoms with Gasteiger partial charge in [0.15, 0.2) is 5.78 Å². The standard InChI is InChI=1S/C25H20ClN3O2S/c1-31-19-6-7-22-20(12-19)21(15-29(22)14-16-2-4-18(26)5-3-16)24(30)23-13-28-25(32-23)17-8-10-27-11-9-17/h2-13,21H,14-15H2,1H3. The maximum atomic E-state index is 13.6. The molecule has 0 spiro atoms. The van der Waals surface area contributed by atoms with Crippen molar-refractivity contribution in [2.45, 2.75) is 12.5 Å². The summed E-state index contributed by atoms with van der Waals surface area (Å²) in [4.78, 5) is 25.0. The zero-order chi connectivity index (χ0) is 22.1. The lowest BCUT2D eigenvalue weighted by Crippen LogP contribution is -2.24. The number of nitrogens with zero attached hydrogens (tertiary/aromatic N) is 3. The summed E-state index contributed by atoms with van der Waals surface area (Å²) in [5.74, 6) is 0.547. The summed E-state index contributed by atoms with van der Waals surface area (Å²) in [7, 11) is 1.64. The lowest BCUT2D eigenvalue weighted by Gasteiger charge is -2.20. The fourth-order valence-corrected chi connectivity index (χ4v) is 5.06. The van der Waals surface area contributed by atoms with Crippen LogP contribution in [0.1, 0.15) is 26.7 Å². The molecule has 1 atom stereocenters. The second-order valence-corrected chi connectivity index (χ2v) is 9.08. The smallest absolute Gasteiger partial charge is 0.183 e. The molecule has 5 nitrogen and oxygen atoms in total. The highest BCUT2D eigenvalue weighted by Gasteiger charge is 2.35. The van der Waals surface area contributed by atoms with Gasteiger partial charge in [-0.15, -0.1) is 11.3 Å². The van der Waals surface area contributed by atoms with Crippen LogP contribution in [0.2, 0.25) is 5.02 Å². The molecule has 0 saturated heterocycles. The van der Waals surface area contributed by atoms with E-state index >= 15 is 0 Å². The van der Waals surface area contributed by atoms with Crippen molar-refractivity contribution in [1.29, 1.82) is 0 Å². The van der Waals surface area contributed by atoms with Crippen LogP contribution in [-0.2, 0) is 6.54 Å². The second kappa shape index (κ2) is 8.73. The number of ether oxygens (including phenoxy) is 1. The fourth-order valence-electron chi connectivity index (χ4n) is 4.02. The summed E-state index contributed by atoms with van der Waals surface area (Å²) in [6.45, 7) is 1.30. The van der Waals surface area contributed by atoms with Crippen molar-refractivity contribution in [2.75, 3.05) is 18.6 Å². The number of aromatic nitrogens is 2. The van der Waals surface area contributed by atoms with E-state index < -0.39 is 0 Å². The highest BCUT2D eigenvalue weighted by atomic mass is 35.5. The number of Topliss-reactive ketones (excluding diaryl/α,β-unsaturated/α-hetero) is 1. The van der Waals surface area contributed by atoms with Gasteiger partial charge in [0.25, 0.3) is 0 Å². The predicted molar refractivity (Wildman–Crippen MR) is 128 cm³/mol. The summed E-state index contributed by atoms with van der Waals surface area (Å²) in [5, 5.41) is 1.53. The predicted octanol–water partition coefficient (Wildman–Crippen LogP) is 5.85. The number of hydrogen-bond donors (Lipinski definition) is 0. The molecule has 5 rings (SSSR count). The van der Waals surface area contributed by atoms with Gasteiger partial charge in [0.2, 0.25) is 0 Å². The fraction of sp³-hybridized carbons (Fsp3) is 0.160. The lowest BCUT2D eigenvalue weighted by atomic mass is 9.96. The Bertz CT molecular complexity index is 1260. The average molecular weight is 462 g/mol. The Morgan fingerprint density at radius 3 is 2.69 bits per heavy atom. The number of carbonyl (C=O) groups is 1. The minimum Gasteiger partial charge on any atom is -0.497 e.